The first-order valence-corrected chi connectivity index (χ1v) is 5.64. The number of isocyanates is 1. The Morgan fingerprint density at radius 3 is 3.12 bits per heavy atom. The van der Waals surface area contributed by atoms with Crippen LogP contribution in [-0.2, 0) is 9.53 Å². The second-order valence-corrected chi connectivity index (χ2v) is 4.07. The Hall–Kier alpha value is -1.64. The second kappa shape index (κ2) is 5.62. The van der Waals surface area contributed by atoms with Crippen LogP contribution in [-0.4, -0.2) is 26.4 Å². The van der Waals surface area contributed by atoms with Gasteiger partial charge in [0.15, 0.2) is 0 Å². The zero-order valence-electron chi connectivity index (χ0n) is 9.76. The average molecular weight is 233 g/mol. The third-order valence-electron chi connectivity index (χ3n) is 3.04. The molecule has 0 N–H and O–H groups in total. The van der Waals surface area contributed by atoms with E-state index < -0.39 is 0 Å². The molecule has 0 radical (unpaired) electrons. The molecule has 0 aromatic heterocycles. The summed E-state index contributed by atoms with van der Waals surface area (Å²) in [4.78, 5) is 14.4. The van der Waals surface area contributed by atoms with Crippen molar-refractivity contribution in [3.05, 3.63) is 29.8 Å². The van der Waals surface area contributed by atoms with Crippen molar-refractivity contribution in [1.29, 1.82) is 0 Å². The lowest BCUT2D eigenvalue weighted by atomic mass is 9.93. The Bertz CT molecular complexity index is 420. The zero-order valence-corrected chi connectivity index (χ0v) is 9.76. The summed E-state index contributed by atoms with van der Waals surface area (Å²) in [5.74, 6) is 1.02. The molecule has 1 aliphatic heterocycles. The van der Waals surface area contributed by atoms with Crippen LogP contribution in [0.3, 0.4) is 0 Å². The number of hydrogen-bond donors (Lipinski definition) is 0. The van der Waals surface area contributed by atoms with Crippen LogP contribution >= 0.6 is 0 Å². The molecule has 17 heavy (non-hydrogen) atoms. The molecule has 90 valence electrons. The van der Waals surface area contributed by atoms with Gasteiger partial charge in [0.25, 0.3) is 0 Å². The van der Waals surface area contributed by atoms with Crippen molar-refractivity contribution in [1.82, 2.24) is 0 Å². The Morgan fingerprint density at radius 1 is 1.59 bits per heavy atom. The molecule has 4 heteroatoms. The van der Waals surface area contributed by atoms with Crippen molar-refractivity contribution in [2.24, 2.45) is 10.9 Å². The molecule has 1 aliphatic rings. The van der Waals surface area contributed by atoms with Gasteiger partial charge in [0.1, 0.15) is 5.75 Å². The molecule has 0 bridgehead atoms. The Labute approximate surface area is 100 Å². The number of hydrogen-bond acceptors (Lipinski definition) is 4. The average Bonchev–Trinajstić information content (AvgIpc) is 2.89. The Kier molecular flexibility index (Phi) is 3.91. The lowest BCUT2D eigenvalue weighted by Crippen LogP contribution is -2.11. The van der Waals surface area contributed by atoms with Crippen LogP contribution in [0.25, 0.3) is 0 Å². The maximum atomic E-state index is 10.5. The minimum Gasteiger partial charge on any atom is -0.497 e. The van der Waals surface area contributed by atoms with Crippen LogP contribution in [0.2, 0.25) is 0 Å². The summed E-state index contributed by atoms with van der Waals surface area (Å²) >= 11 is 0. The molecule has 2 unspecified atom stereocenters. The van der Waals surface area contributed by atoms with Gasteiger partial charge in [-0.3, -0.25) is 0 Å². The van der Waals surface area contributed by atoms with E-state index >= 15 is 0 Å². The smallest absolute Gasteiger partial charge is 0.235 e. The summed E-state index contributed by atoms with van der Waals surface area (Å²) in [6, 6.07) is 7.45. The number of nitrogens with zero attached hydrogens (tertiary/aromatic N) is 1. The first kappa shape index (κ1) is 11.8. The quantitative estimate of drug-likeness (QED) is 0.591. The zero-order chi connectivity index (χ0) is 12.1. The molecular weight excluding hydrogens is 218 g/mol. The first-order chi connectivity index (χ1) is 8.35. The summed E-state index contributed by atoms with van der Waals surface area (Å²) in [6.45, 7) is 1.38. The van der Waals surface area contributed by atoms with Crippen LogP contribution in [0.1, 0.15) is 18.0 Å². The fraction of sp³-hybridized carbons (Fsp3) is 0.462. The van der Waals surface area contributed by atoms with Gasteiger partial charge >= 0.3 is 0 Å². The SMILES string of the molecule is COc1cccc(C(N=C=O)C2CCOC2)c1. The lowest BCUT2D eigenvalue weighted by molar-refractivity contribution is 0.181. The molecule has 0 spiro atoms. The largest absolute Gasteiger partial charge is 0.497 e. The van der Waals surface area contributed by atoms with E-state index in [9.17, 15) is 4.79 Å². The molecule has 0 saturated carbocycles. The van der Waals surface area contributed by atoms with Crippen LogP contribution < -0.4 is 4.74 Å². The van der Waals surface area contributed by atoms with E-state index in [1.54, 1.807) is 13.2 Å². The van der Waals surface area contributed by atoms with Gasteiger partial charge in [-0.2, -0.15) is 4.99 Å². The predicted molar refractivity (Wildman–Crippen MR) is 62.8 cm³/mol. The minimum absolute atomic E-state index is 0.176. The van der Waals surface area contributed by atoms with Gasteiger partial charge in [-0.25, -0.2) is 4.79 Å². The highest BCUT2D eigenvalue weighted by molar-refractivity contribution is 5.37. The van der Waals surface area contributed by atoms with Crippen molar-refractivity contribution in [2.45, 2.75) is 12.5 Å². The molecule has 1 fully saturated rings. The van der Waals surface area contributed by atoms with Crippen molar-refractivity contribution in [3.8, 4) is 5.75 Å². The molecule has 1 aromatic rings. The summed E-state index contributed by atoms with van der Waals surface area (Å²) in [5.41, 5.74) is 0.975. The number of aliphatic imine (C=N–C) groups is 1. The molecular formula is C13H15NO3. The molecule has 2 rings (SSSR count). The van der Waals surface area contributed by atoms with E-state index in [4.69, 9.17) is 9.47 Å². The van der Waals surface area contributed by atoms with E-state index in [-0.39, 0.29) is 12.0 Å². The molecule has 1 heterocycles. The normalized spacial score (nSPS) is 20.6. The molecule has 0 amide bonds. The predicted octanol–water partition coefficient (Wildman–Crippen LogP) is 2.11. The van der Waals surface area contributed by atoms with E-state index in [1.807, 2.05) is 24.3 Å². The lowest BCUT2D eigenvalue weighted by Gasteiger charge is -2.17. The maximum absolute atomic E-state index is 10.5. The van der Waals surface area contributed by atoms with E-state index in [2.05, 4.69) is 4.99 Å². The van der Waals surface area contributed by atoms with Crippen molar-refractivity contribution in [3.63, 3.8) is 0 Å². The number of benzene rings is 1. The van der Waals surface area contributed by atoms with Crippen molar-refractivity contribution >= 4 is 6.08 Å². The van der Waals surface area contributed by atoms with Gasteiger partial charge in [0.2, 0.25) is 6.08 Å². The molecule has 2 atom stereocenters. The molecule has 1 aromatic carbocycles. The van der Waals surface area contributed by atoms with Gasteiger partial charge < -0.3 is 9.47 Å². The molecule has 1 saturated heterocycles. The third kappa shape index (κ3) is 2.73. The third-order valence-corrected chi connectivity index (χ3v) is 3.04. The number of ether oxygens (including phenoxy) is 2. The summed E-state index contributed by atoms with van der Waals surface area (Å²) in [5, 5.41) is 0. The first-order valence-electron chi connectivity index (χ1n) is 5.64. The fourth-order valence-electron chi connectivity index (χ4n) is 2.14. The van der Waals surface area contributed by atoms with Gasteiger partial charge in [0.05, 0.1) is 19.8 Å². The van der Waals surface area contributed by atoms with Gasteiger partial charge in [-0.1, -0.05) is 12.1 Å². The molecule has 0 aliphatic carbocycles. The highest BCUT2D eigenvalue weighted by atomic mass is 16.5. The highest BCUT2D eigenvalue weighted by Gasteiger charge is 2.27. The minimum atomic E-state index is -0.176. The topological polar surface area (TPSA) is 47.9 Å². The van der Waals surface area contributed by atoms with Gasteiger partial charge in [-0.05, 0) is 24.1 Å². The fourth-order valence-corrected chi connectivity index (χ4v) is 2.14. The maximum Gasteiger partial charge on any atom is 0.235 e. The van der Waals surface area contributed by atoms with E-state index in [0.29, 0.717) is 6.61 Å². The second-order valence-electron chi connectivity index (χ2n) is 4.07. The Balaban J connectivity index is 2.27. The van der Waals surface area contributed by atoms with Crippen molar-refractivity contribution < 1.29 is 14.3 Å². The molecule has 4 nitrogen and oxygen atoms in total. The number of rotatable bonds is 4. The van der Waals surface area contributed by atoms with Crippen LogP contribution in [0, 0.1) is 5.92 Å². The summed E-state index contributed by atoms with van der Waals surface area (Å²) in [7, 11) is 1.62. The summed E-state index contributed by atoms with van der Waals surface area (Å²) < 4.78 is 10.5. The summed E-state index contributed by atoms with van der Waals surface area (Å²) in [6.07, 6.45) is 2.58. The Morgan fingerprint density at radius 2 is 2.47 bits per heavy atom. The number of methoxy groups -OCH3 is 1. The van der Waals surface area contributed by atoms with E-state index in [1.165, 1.54) is 0 Å². The highest BCUT2D eigenvalue weighted by Crippen LogP contribution is 2.33. The standard InChI is InChI=1S/C13H15NO3/c1-16-12-4-2-3-10(7-12)13(14-9-15)11-5-6-17-8-11/h2-4,7,11,13H,5-6,8H2,1H3. The van der Waals surface area contributed by atoms with E-state index in [0.717, 1.165) is 24.3 Å². The van der Waals surface area contributed by atoms with Crippen LogP contribution in [0.5, 0.6) is 5.75 Å². The van der Waals surface area contributed by atoms with Crippen LogP contribution in [0.15, 0.2) is 29.3 Å². The van der Waals surface area contributed by atoms with Gasteiger partial charge in [0, 0.05) is 12.5 Å². The van der Waals surface area contributed by atoms with Crippen LogP contribution in [0.4, 0.5) is 0 Å². The number of carbonyl (C=O) groups excluding carboxylic acids is 1. The van der Waals surface area contributed by atoms with Gasteiger partial charge in [-0.15, -0.1) is 0 Å². The monoisotopic (exact) mass is 233 g/mol. The van der Waals surface area contributed by atoms with Crippen molar-refractivity contribution in [2.75, 3.05) is 20.3 Å².